The van der Waals surface area contributed by atoms with E-state index in [4.69, 9.17) is 4.74 Å². The van der Waals surface area contributed by atoms with Crippen LogP contribution in [0.1, 0.15) is 0 Å². The molecule has 1 amide bonds. The largest absolute Gasteiger partial charge is 0.497 e. The summed E-state index contributed by atoms with van der Waals surface area (Å²) in [5.41, 5.74) is 2.61. The van der Waals surface area contributed by atoms with Crippen LogP contribution in [0.5, 0.6) is 5.75 Å². The van der Waals surface area contributed by atoms with Gasteiger partial charge in [-0.15, -0.1) is 11.3 Å². The van der Waals surface area contributed by atoms with Gasteiger partial charge >= 0.3 is 0 Å². The van der Waals surface area contributed by atoms with Crippen LogP contribution in [0.2, 0.25) is 0 Å². The smallest absolute Gasteiger partial charge is 0.236 e. The van der Waals surface area contributed by atoms with E-state index in [9.17, 15) is 9.18 Å². The van der Waals surface area contributed by atoms with Crippen molar-refractivity contribution < 1.29 is 13.9 Å². The predicted octanol–water partition coefficient (Wildman–Crippen LogP) is 5.85. The van der Waals surface area contributed by atoms with Crippen LogP contribution < -0.4 is 10.1 Å². The fraction of sp³-hybridized carbons (Fsp3) is 0.0909. The number of hydrogen-bond acceptors (Lipinski definition) is 8. The van der Waals surface area contributed by atoms with Gasteiger partial charge in [0.25, 0.3) is 0 Å². The van der Waals surface area contributed by atoms with Crippen molar-refractivity contribution in [1.82, 2.24) is 15.0 Å². The molecule has 160 valence electrons. The number of anilines is 1. The second-order valence-corrected chi connectivity index (χ2v) is 9.56. The topological polar surface area (TPSA) is 77.0 Å². The van der Waals surface area contributed by atoms with Gasteiger partial charge < -0.3 is 10.1 Å². The highest BCUT2D eigenvalue weighted by Gasteiger charge is 2.16. The molecule has 0 saturated heterocycles. The van der Waals surface area contributed by atoms with Crippen LogP contribution >= 0.6 is 34.4 Å². The maximum absolute atomic E-state index is 13.3. The molecule has 0 bridgehead atoms. The Morgan fingerprint density at radius 2 is 2.03 bits per heavy atom. The number of thioether (sulfide) groups is 1. The number of methoxy groups -OCH3 is 1. The van der Waals surface area contributed by atoms with E-state index in [1.54, 1.807) is 19.2 Å². The Balaban J connectivity index is 1.34. The molecule has 0 aliphatic rings. The molecule has 0 radical (unpaired) electrons. The lowest BCUT2D eigenvalue weighted by atomic mass is 10.1. The third-order valence-corrected chi connectivity index (χ3v) is 7.48. The van der Waals surface area contributed by atoms with Crippen molar-refractivity contribution in [3.63, 3.8) is 0 Å². The third kappa shape index (κ3) is 4.16. The van der Waals surface area contributed by atoms with Gasteiger partial charge in [-0.05, 0) is 35.9 Å². The fourth-order valence-corrected chi connectivity index (χ4v) is 5.88. The van der Waals surface area contributed by atoms with E-state index in [2.05, 4.69) is 20.3 Å². The van der Waals surface area contributed by atoms with E-state index in [0.29, 0.717) is 10.2 Å². The molecule has 0 fully saturated rings. The molecule has 0 unspecified atom stereocenters. The molecule has 10 heteroatoms. The first-order chi connectivity index (χ1) is 15.6. The van der Waals surface area contributed by atoms with E-state index < -0.39 is 0 Å². The van der Waals surface area contributed by atoms with Crippen molar-refractivity contribution in [2.24, 2.45) is 0 Å². The zero-order chi connectivity index (χ0) is 22.1. The average molecular weight is 483 g/mol. The number of rotatable bonds is 6. The molecule has 6 nitrogen and oxygen atoms in total. The maximum atomic E-state index is 13.3. The number of carbonyl (C=O) groups is 1. The molecule has 3 aromatic heterocycles. The minimum Gasteiger partial charge on any atom is -0.497 e. The van der Waals surface area contributed by atoms with Crippen molar-refractivity contribution in [3.05, 3.63) is 60.0 Å². The summed E-state index contributed by atoms with van der Waals surface area (Å²) in [4.78, 5) is 26.6. The number of amides is 1. The Bertz CT molecular complexity index is 1430. The molecule has 0 aliphatic carbocycles. The summed E-state index contributed by atoms with van der Waals surface area (Å²) in [6, 6.07) is 11.9. The zero-order valence-corrected chi connectivity index (χ0v) is 19.1. The maximum Gasteiger partial charge on any atom is 0.236 e. The number of halogens is 1. The average Bonchev–Trinajstić information content (AvgIpc) is 3.41. The first-order valence-corrected chi connectivity index (χ1v) is 12.1. The molecule has 32 heavy (non-hydrogen) atoms. The highest BCUT2D eigenvalue weighted by molar-refractivity contribution is 8.00. The number of thiazole rings is 1. The Morgan fingerprint density at radius 3 is 2.84 bits per heavy atom. The summed E-state index contributed by atoms with van der Waals surface area (Å²) < 4.78 is 19.5. The molecule has 0 atom stereocenters. The summed E-state index contributed by atoms with van der Waals surface area (Å²) in [5, 5.41) is 6.95. The SMILES string of the molecule is COc1ccc2nc(NC(=O)CSc3ncnc4scc(-c5ccc(F)cc5)c34)sc2c1. The fourth-order valence-electron chi connectivity index (χ4n) is 3.17. The monoisotopic (exact) mass is 482 g/mol. The molecule has 0 spiro atoms. The van der Waals surface area contributed by atoms with Crippen molar-refractivity contribution in [2.45, 2.75) is 5.03 Å². The molecule has 5 rings (SSSR count). The number of carbonyl (C=O) groups excluding carboxylic acids is 1. The van der Waals surface area contributed by atoms with Crippen LogP contribution in [0, 0.1) is 5.82 Å². The highest BCUT2D eigenvalue weighted by atomic mass is 32.2. The van der Waals surface area contributed by atoms with Gasteiger partial charge in [-0.25, -0.2) is 19.3 Å². The van der Waals surface area contributed by atoms with E-state index in [1.165, 1.54) is 52.9 Å². The van der Waals surface area contributed by atoms with E-state index in [-0.39, 0.29) is 17.5 Å². The quantitative estimate of drug-likeness (QED) is 0.242. The molecule has 0 aliphatic heterocycles. The standard InChI is InChI=1S/C22H15FN4O2S3/c1-29-14-6-7-16-17(8-14)32-22(26-16)27-18(28)10-31-21-19-15(9-30-20(19)24-11-25-21)12-2-4-13(23)5-3-12/h2-9,11H,10H2,1H3,(H,26,27,28). The minimum atomic E-state index is -0.288. The lowest BCUT2D eigenvalue weighted by Crippen LogP contribution is -2.13. The van der Waals surface area contributed by atoms with E-state index in [1.807, 2.05) is 23.6 Å². The third-order valence-electron chi connectivity index (χ3n) is 4.67. The van der Waals surface area contributed by atoms with Crippen LogP contribution in [-0.2, 0) is 4.79 Å². The summed E-state index contributed by atoms with van der Waals surface area (Å²) in [7, 11) is 1.61. The van der Waals surface area contributed by atoms with Crippen molar-refractivity contribution >= 4 is 65.9 Å². The summed E-state index contributed by atoms with van der Waals surface area (Å²) in [5.74, 6) is 0.454. The first kappa shape index (κ1) is 20.8. The number of ether oxygens (including phenoxy) is 1. The minimum absolute atomic E-state index is 0.171. The molecule has 3 heterocycles. The van der Waals surface area contributed by atoms with Crippen molar-refractivity contribution in [3.8, 4) is 16.9 Å². The van der Waals surface area contributed by atoms with E-state index >= 15 is 0 Å². The Morgan fingerprint density at radius 1 is 1.19 bits per heavy atom. The highest BCUT2D eigenvalue weighted by Crippen LogP contribution is 2.38. The number of hydrogen-bond donors (Lipinski definition) is 1. The van der Waals surface area contributed by atoms with Gasteiger partial charge in [0.05, 0.1) is 28.5 Å². The van der Waals surface area contributed by atoms with Crippen molar-refractivity contribution in [2.75, 3.05) is 18.2 Å². The van der Waals surface area contributed by atoms with Gasteiger partial charge in [0.2, 0.25) is 5.91 Å². The lowest BCUT2D eigenvalue weighted by molar-refractivity contribution is -0.113. The second-order valence-electron chi connectivity index (χ2n) is 6.70. The lowest BCUT2D eigenvalue weighted by Gasteiger charge is -2.05. The molecule has 1 N–H and O–H groups in total. The normalized spacial score (nSPS) is 11.2. The van der Waals surface area contributed by atoms with E-state index in [0.717, 1.165) is 37.3 Å². The second kappa shape index (κ2) is 8.81. The number of fused-ring (bicyclic) bond motifs is 2. The Kier molecular flexibility index (Phi) is 5.73. The van der Waals surface area contributed by atoms with Crippen LogP contribution in [-0.4, -0.2) is 33.7 Å². The van der Waals surface area contributed by atoms with Crippen LogP contribution in [0.15, 0.2) is 59.2 Å². The number of thiophene rings is 1. The molecular formula is C22H15FN4O2S3. The van der Waals surface area contributed by atoms with Gasteiger partial charge in [0.1, 0.15) is 27.8 Å². The number of nitrogens with one attached hydrogen (secondary N) is 1. The van der Waals surface area contributed by atoms with Gasteiger partial charge in [-0.1, -0.05) is 35.2 Å². The van der Waals surface area contributed by atoms with Gasteiger partial charge in [0.15, 0.2) is 5.13 Å². The predicted molar refractivity (Wildman–Crippen MR) is 128 cm³/mol. The zero-order valence-electron chi connectivity index (χ0n) is 16.7. The summed E-state index contributed by atoms with van der Waals surface area (Å²) in [6.07, 6.45) is 1.49. The number of benzene rings is 2. The summed E-state index contributed by atoms with van der Waals surface area (Å²) >= 11 is 4.22. The molecule has 2 aromatic carbocycles. The Labute approximate surface area is 194 Å². The van der Waals surface area contributed by atoms with Gasteiger partial charge in [-0.2, -0.15) is 0 Å². The van der Waals surface area contributed by atoms with Gasteiger partial charge in [-0.3, -0.25) is 4.79 Å². The van der Waals surface area contributed by atoms with Gasteiger partial charge in [0, 0.05) is 10.9 Å². The first-order valence-electron chi connectivity index (χ1n) is 9.46. The summed E-state index contributed by atoms with van der Waals surface area (Å²) in [6.45, 7) is 0. The molecular weight excluding hydrogens is 467 g/mol. The Hall–Kier alpha value is -3.08. The number of nitrogens with zero attached hydrogens (tertiary/aromatic N) is 3. The number of aromatic nitrogens is 3. The van der Waals surface area contributed by atoms with Crippen LogP contribution in [0.3, 0.4) is 0 Å². The van der Waals surface area contributed by atoms with Crippen LogP contribution in [0.25, 0.3) is 31.6 Å². The molecule has 5 aromatic rings. The van der Waals surface area contributed by atoms with Crippen LogP contribution in [0.4, 0.5) is 9.52 Å². The van der Waals surface area contributed by atoms with Crippen molar-refractivity contribution in [1.29, 1.82) is 0 Å². The molecule has 0 saturated carbocycles.